The third-order valence-electron chi connectivity index (χ3n) is 7.21. The summed E-state index contributed by atoms with van der Waals surface area (Å²) in [6, 6.07) is 24.3. The first kappa shape index (κ1) is 21.7. The first-order valence-corrected chi connectivity index (χ1v) is 12.1. The Balaban J connectivity index is 1.46. The monoisotopic (exact) mass is 526 g/mol. The lowest BCUT2D eigenvalue weighted by atomic mass is 9.85. The molecule has 6 rings (SSSR count). The van der Waals surface area contributed by atoms with E-state index >= 15 is 0 Å². The van der Waals surface area contributed by atoms with Gasteiger partial charge in [-0.05, 0) is 44.3 Å². The summed E-state index contributed by atoms with van der Waals surface area (Å²) < 4.78 is 0.346. The Kier molecular flexibility index (Phi) is 5.04. The van der Waals surface area contributed by atoms with E-state index in [2.05, 4.69) is 52.3 Å². The van der Waals surface area contributed by atoms with Crippen LogP contribution < -0.4 is 4.90 Å². The molecule has 6 nitrogen and oxygen atoms in total. The summed E-state index contributed by atoms with van der Waals surface area (Å²) in [5, 5.41) is 11.1. The van der Waals surface area contributed by atoms with Crippen molar-refractivity contribution in [3.05, 3.63) is 122 Å². The number of anilines is 1. The highest BCUT2D eigenvalue weighted by Gasteiger charge is 2.62. The minimum atomic E-state index is -0.507. The molecule has 2 aliphatic carbocycles. The minimum absolute atomic E-state index is 0.109. The maximum atomic E-state index is 13.7. The predicted molar refractivity (Wildman–Crippen MR) is 135 cm³/mol. The Hall–Kier alpha value is -3.84. The highest BCUT2D eigenvalue weighted by molar-refractivity contribution is 9.10. The number of hydrogen-bond donors (Lipinski definition) is 0. The van der Waals surface area contributed by atoms with E-state index in [1.807, 2.05) is 36.4 Å². The first-order valence-electron chi connectivity index (χ1n) is 11.3. The molecule has 3 aromatic rings. The number of imide groups is 1. The van der Waals surface area contributed by atoms with Gasteiger partial charge in [-0.25, -0.2) is 4.90 Å². The van der Waals surface area contributed by atoms with E-state index in [0.29, 0.717) is 10.2 Å². The van der Waals surface area contributed by atoms with Gasteiger partial charge in [-0.15, -0.1) is 0 Å². The molecule has 3 aliphatic rings. The molecule has 35 heavy (non-hydrogen) atoms. The Morgan fingerprint density at radius 1 is 0.800 bits per heavy atom. The van der Waals surface area contributed by atoms with Crippen LogP contribution in [0.4, 0.5) is 11.4 Å². The van der Waals surface area contributed by atoms with Crippen LogP contribution in [0.25, 0.3) is 5.57 Å². The molecule has 0 unspecified atom stereocenters. The van der Waals surface area contributed by atoms with Crippen molar-refractivity contribution in [2.45, 2.75) is 0 Å². The normalized spacial score (nSPS) is 24.3. The van der Waals surface area contributed by atoms with Crippen LogP contribution in [-0.2, 0) is 9.59 Å². The number of amides is 2. The van der Waals surface area contributed by atoms with Gasteiger partial charge in [0.1, 0.15) is 0 Å². The number of hydrogen-bond acceptors (Lipinski definition) is 4. The van der Waals surface area contributed by atoms with Gasteiger partial charge in [-0.3, -0.25) is 19.7 Å². The van der Waals surface area contributed by atoms with Gasteiger partial charge in [0, 0.05) is 28.4 Å². The molecule has 0 N–H and O–H groups in total. The van der Waals surface area contributed by atoms with Gasteiger partial charge in [0.15, 0.2) is 0 Å². The Morgan fingerprint density at radius 2 is 1.31 bits per heavy atom. The summed E-state index contributed by atoms with van der Waals surface area (Å²) in [5.41, 5.74) is 4.54. The summed E-state index contributed by atoms with van der Waals surface area (Å²) in [6.45, 7) is 0. The van der Waals surface area contributed by atoms with E-state index in [4.69, 9.17) is 0 Å². The number of halogens is 1. The molecule has 1 heterocycles. The SMILES string of the molecule is O=C1[C@H]2[C@H](C(=O)N1c1ccc([N+](=O)[O-])cc1Br)[C@H]1C=C[C@@H]2C1=C(c1ccccc1)c1ccccc1. The second-order valence-corrected chi connectivity index (χ2v) is 9.81. The standard InChI is InChI=1S/C28H19BrN2O4/c29-21-15-18(31(34)35)11-14-22(21)30-27(32)25-19-12-13-20(26(25)28(30)33)24(19)23(16-7-3-1-4-8-16)17-9-5-2-6-10-17/h1-15,19-20,25-26H/t19-,20+,25-,26-/m1/s1. The topological polar surface area (TPSA) is 80.5 Å². The van der Waals surface area contributed by atoms with E-state index in [0.717, 1.165) is 22.3 Å². The zero-order valence-corrected chi connectivity index (χ0v) is 20.0. The lowest BCUT2D eigenvalue weighted by Gasteiger charge is -2.22. The first-order chi connectivity index (χ1) is 17.0. The molecule has 0 aromatic heterocycles. The van der Waals surface area contributed by atoms with Gasteiger partial charge >= 0.3 is 0 Å². The zero-order chi connectivity index (χ0) is 24.3. The van der Waals surface area contributed by atoms with E-state index in [-0.39, 0.29) is 29.3 Å². The molecule has 1 aliphatic heterocycles. The predicted octanol–water partition coefficient (Wildman–Crippen LogP) is 5.78. The van der Waals surface area contributed by atoms with Gasteiger partial charge in [0.05, 0.1) is 22.4 Å². The van der Waals surface area contributed by atoms with E-state index in [9.17, 15) is 19.7 Å². The summed E-state index contributed by atoms with van der Waals surface area (Å²) in [6.07, 6.45) is 4.12. The van der Waals surface area contributed by atoms with Crippen LogP contribution in [-0.4, -0.2) is 16.7 Å². The largest absolute Gasteiger partial charge is 0.274 e. The molecule has 2 amide bonds. The van der Waals surface area contributed by atoms with Crippen molar-refractivity contribution in [1.82, 2.24) is 0 Å². The van der Waals surface area contributed by atoms with Crippen LogP contribution in [0.15, 0.2) is 101 Å². The number of rotatable bonds is 4. The molecule has 7 heteroatoms. The van der Waals surface area contributed by atoms with Crippen molar-refractivity contribution < 1.29 is 14.5 Å². The molecule has 2 bridgehead atoms. The fraction of sp³-hybridized carbons (Fsp3) is 0.143. The fourth-order valence-electron chi connectivity index (χ4n) is 5.83. The molecule has 2 fully saturated rings. The highest BCUT2D eigenvalue weighted by atomic mass is 79.9. The molecule has 0 spiro atoms. The number of non-ortho nitro benzene ring substituents is 1. The van der Waals surface area contributed by atoms with Crippen molar-refractivity contribution in [2.75, 3.05) is 4.90 Å². The minimum Gasteiger partial charge on any atom is -0.274 e. The average molecular weight is 527 g/mol. The number of fused-ring (bicyclic) bond motifs is 5. The fourth-order valence-corrected chi connectivity index (χ4v) is 6.38. The molecular weight excluding hydrogens is 508 g/mol. The third-order valence-corrected chi connectivity index (χ3v) is 7.85. The van der Waals surface area contributed by atoms with Crippen LogP contribution in [0, 0.1) is 33.8 Å². The molecule has 1 saturated carbocycles. The van der Waals surface area contributed by atoms with E-state index < -0.39 is 16.8 Å². The second-order valence-electron chi connectivity index (χ2n) is 8.96. The highest BCUT2D eigenvalue weighted by Crippen LogP contribution is 2.59. The average Bonchev–Trinajstić information content (AvgIpc) is 3.50. The lowest BCUT2D eigenvalue weighted by molar-refractivity contribution is -0.384. The van der Waals surface area contributed by atoms with Crippen LogP contribution >= 0.6 is 15.9 Å². The molecule has 3 aromatic carbocycles. The molecular formula is C28H19BrN2O4. The Labute approximate surface area is 209 Å². The van der Waals surface area contributed by atoms with E-state index in [1.54, 1.807) is 0 Å². The van der Waals surface area contributed by atoms with Crippen molar-refractivity contribution >= 4 is 44.7 Å². The summed E-state index contributed by atoms with van der Waals surface area (Å²) in [7, 11) is 0. The van der Waals surface area contributed by atoms with Gasteiger partial charge in [0.25, 0.3) is 5.69 Å². The van der Waals surface area contributed by atoms with Gasteiger partial charge in [-0.1, -0.05) is 72.8 Å². The van der Waals surface area contributed by atoms with Crippen LogP contribution in [0.5, 0.6) is 0 Å². The van der Waals surface area contributed by atoms with Crippen molar-refractivity contribution in [3.8, 4) is 0 Å². The number of nitro benzene ring substituents is 1. The molecule has 1 saturated heterocycles. The Morgan fingerprint density at radius 3 is 1.77 bits per heavy atom. The lowest BCUT2D eigenvalue weighted by Crippen LogP contribution is -2.33. The van der Waals surface area contributed by atoms with Gasteiger partial charge < -0.3 is 0 Å². The van der Waals surface area contributed by atoms with E-state index in [1.165, 1.54) is 23.1 Å². The quantitative estimate of drug-likeness (QED) is 0.187. The Bertz CT molecular complexity index is 1370. The summed E-state index contributed by atoms with van der Waals surface area (Å²) in [4.78, 5) is 39.2. The zero-order valence-electron chi connectivity index (χ0n) is 18.4. The van der Waals surface area contributed by atoms with Crippen LogP contribution in [0.3, 0.4) is 0 Å². The number of carbonyl (C=O) groups is 2. The molecule has 0 radical (unpaired) electrons. The third kappa shape index (κ3) is 3.22. The molecule has 172 valence electrons. The van der Waals surface area contributed by atoms with Gasteiger partial charge in [-0.2, -0.15) is 0 Å². The second kappa shape index (κ2) is 8.13. The van der Waals surface area contributed by atoms with Crippen molar-refractivity contribution in [1.29, 1.82) is 0 Å². The number of benzene rings is 3. The number of nitro groups is 1. The van der Waals surface area contributed by atoms with Crippen molar-refractivity contribution in [3.63, 3.8) is 0 Å². The van der Waals surface area contributed by atoms with Crippen LogP contribution in [0.1, 0.15) is 11.1 Å². The summed E-state index contributed by atoms with van der Waals surface area (Å²) >= 11 is 3.33. The maximum absolute atomic E-state index is 13.7. The number of nitrogens with zero attached hydrogens (tertiary/aromatic N) is 2. The smallest absolute Gasteiger partial charge is 0.270 e. The number of carbonyl (C=O) groups excluding carboxylic acids is 2. The maximum Gasteiger partial charge on any atom is 0.270 e. The number of allylic oxidation sites excluding steroid dienone is 3. The molecule has 4 atom stereocenters. The summed E-state index contributed by atoms with van der Waals surface area (Å²) in [5.74, 6) is -1.86. The van der Waals surface area contributed by atoms with Crippen LogP contribution in [0.2, 0.25) is 0 Å². The van der Waals surface area contributed by atoms with Gasteiger partial charge in [0.2, 0.25) is 11.8 Å². The van der Waals surface area contributed by atoms with Crippen molar-refractivity contribution in [2.24, 2.45) is 23.7 Å².